The fourth-order valence-corrected chi connectivity index (χ4v) is 1.47. The van der Waals surface area contributed by atoms with Gasteiger partial charge in [0, 0.05) is 11.8 Å². The number of nitrogens with one attached hydrogen (secondary N) is 1. The van der Waals surface area contributed by atoms with E-state index in [2.05, 4.69) is 5.32 Å². The summed E-state index contributed by atoms with van der Waals surface area (Å²) in [6.07, 6.45) is 0. The fraction of sp³-hybridized carbons (Fsp3) is 0.417. The molecule has 0 radical (unpaired) electrons. The maximum Gasteiger partial charge on any atom is 0.255 e. The Morgan fingerprint density at radius 2 is 1.89 bits per heavy atom. The SMILES string of the molecule is COc1cc(N)ccc1C(=O)NC(CO)(CO)CO. The summed E-state index contributed by atoms with van der Waals surface area (Å²) in [5, 5.41) is 29.9. The number of ether oxygens (including phenoxy) is 1. The first-order valence-corrected chi connectivity index (χ1v) is 5.60. The van der Waals surface area contributed by atoms with Crippen LogP contribution in [0.4, 0.5) is 5.69 Å². The maximum atomic E-state index is 12.1. The standard InChI is InChI=1S/C12H18N2O5/c1-19-10-4-8(13)2-3-9(10)11(18)14-12(5-15,6-16)7-17/h2-4,15-17H,5-7,13H2,1H3,(H,14,18). The zero-order valence-corrected chi connectivity index (χ0v) is 10.6. The highest BCUT2D eigenvalue weighted by atomic mass is 16.5. The lowest BCUT2D eigenvalue weighted by Gasteiger charge is -2.28. The van der Waals surface area contributed by atoms with Crippen LogP contribution in [0.3, 0.4) is 0 Å². The molecule has 0 bridgehead atoms. The second-order valence-corrected chi connectivity index (χ2v) is 4.17. The van der Waals surface area contributed by atoms with Gasteiger partial charge in [0.25, 0.3) is 5.91 Å². The molecule has 106 valence electrons. The minimum Gasteiger partial charge on any atom is -0.496 e. The molecule has 7 nitrogen and oxygen atoms in total. The van der Waals surface area contributed by atoms with Gasteiger partial charge in [-0.2, -0.15) is 0 Å². The minimum atomic E-state index is -1.48. The van der Waals surface area contributed by atoms with E-state index in [1.807, 2.05) is 0 Å². The molecule has 0 aromatic heterocycles. The Morgan fingerprint density at radius 3 is 2.37 bits per heavy atom. The van der Waals surface area contributed by atoms with E-state index in [0.717, 1.165) is 0 Å². The van der Waals surface area contributed by atoms with Crippen LogP contribution in [0.2, 0.25) is 0 Å². The van der Waals surface area contributed by atoms with Crippen molar-refractivity contribution in [3.8, 4) is 5.75 Å². The van der Waals surface area contributed by atoms with Gasteiger partial charge in [0.15, 0.2) is 0 Å². The Labute approximate surface area is 110 Å². The van der Waals surface area contributed by atoms with Gasteiger partial charge in [0.05, 0.1) is 32.5 Å². The molecule has 0 heterocycles. The number of benzene rings is 1. The lowest BCUT2D eigenvalue weighted by molar-refractivity contribution is 0.0374. The third-order valence-electron chi connectivity index (χ3n) is 2.76. The van der Waals surface area contributed by atoms with E-state index >= 15 is 0 Å². The number of hydrogen-bond acceptors (Lipinski definition) is 6. The molecule has 0 aliphatic rings. The van der Waals surface area contributed by atoms with Crippen LogP contribution in [-0.2, 0) is 0 Å². The molecule has 1 amide bonds. The van der Waals surface area contributed by atoms with Crippen LogP contribution >= 0.6 is 0 Å². The molecule has 0 spiro atoms. The summed E-state index contributed by atoms with van der Waals surface area (Å²) in [5.74, 6) is -0.325. The number of anilines is 1. The second-order valence-electron chi connectivity index (χ2n) is 4.17. The van der Waals surface area contributed by atoms with Crippen molar-refractivity contribution in [1.29, 1.82) is 0 Å². The van der Waals surface area contributed by atoms with Gasteiger partial charge >= 0.3 is 0 Å². The fourth-order valence-electron chi connectivity index (χ4n) is 1.47. The van der Waals surface area contributed by atoms with Gasteiger partial charge in [-0.25, -0.2) is 0 Å². The van der Waals surface area contributed by atoms with E-state index < -0.39 is 31.3 Å². The number of amides is 1. The van der Waals surface area contributed by atoms with E-state index in [1.54, 1.807) is 0 Å². The average molecular weight is 270 g/mol. The predicted octanol–water partition coefficient (Wildman–Crippen LogP) is -1.28. The number of nitrogen functional groups attached to an aromatic ring is 1. The summed E-state index contributed by atoms with van der Waals surface area (Å²) < 4.78 is 5.03. The van der Waals surface area contributed by atoms with Gasteiger partial charge in [0.2, 0.25) is 0 Å². The van der Waals surface area contributed by atoms with Crippen LogP contribution < -0.4 is 15.8 Å². The molecule has 0 fully saturated rings. The highest BCUT2D eigenvalue weighted by molar-refractivity contribution is 5.97. The van der Waals surface area contributed by atoms with Crippen molar-refractivity contribution in [3.05, 3.63) is 23.8 Å². The molecule has 0 saturated heterocycles. The van der Waals surface area contributed by atoms with Crippen molar-refractivity contribution in [2.24, 2.45) is 0 Å². The number of hydrogen-bond donors (Lipinski definition) is 5. The number of aliphatic hydroxyl groups excluding tert-OH is 3. The zero-order valence-electron chi connectivity index (χ0n) is 10.6. The predicted molar refractivity (Wildman–Crippen MR) is 68.9 cm³/mol. The summed E-state index contributed by atoms with van der Waals surface area (Å²) in [6, 6.07) is 4.46. The van der Waals surface area contributed by atoms with E-state index in [0.29, 0.717) is 5.69 Å². The van der Waals surface area contributed by atoms with Gasteiger partial charge in [-0.05, 0) is 12.1 Å². The summed E-state index contributed by atoms with van der Waals surface area (Å²) >= 11 is 0. The van der Waals surface area contributed by atoms with E-state index in [4.69, 9.17) is 25.8 Å². The van der Waals surface area contributed by atoms with Gasteiger partial charge in [-0.1, -0.05) is 0 Å². The summed E-state index contributed by atoms with van der Waals surface area (Å²) in [4.78, 5) is 12.1. The van der Waals surface area contributed by atoms with Crippen molar-refractivity contribution in [2.75, 3.05) is 32.7 Å². The molecule has 0 aliphatic carbocycles. The van der Waals surface area contributed by atoms with Crippen LogP contribution in [0.5, 0.6) is 5.75 Å². The summed E-state index contributed by atoms with van der Waals surface area (Å²) in [5.41, 5.74) is 4.72. The summed E-state index contributed by atoms with van der Waals surface area (Å²) in [7, 11) is 1.39. The molecule has 0 atom stereocenters. The smallest absolute Gasteiger partial charge is 0.255 e. The number of methoxy groups -OCH3 is 1. The highest BCUT2D eigenvalue weighted by Crippen LogP contribution is 2.22. The van der Waals surface area contributed by atoms with Gasteiger partial charge in [0.1, 0.15) is 11.3 Å². The number of rotatable bonds is 6. The molecular weight excluding hydrogens is 252 g/mol. The van der Waals surface area contributed by atoms with E-state index in [9.17, 15) is 4.79 Å². The van der Waals surface area contributed by atoms with E-state index in [1.165, 1.54) is 25.3 Å². The van der Waals surface area contributed by atoms with Crippen molar-refractivity contribution < 1.29 is 24.9 Å². The minimum absolute atomic E-state index is 0.191. The molecule has 1 rings (SSSR count). The molecule has 0 aliphatic heterocycles. The number of nitrogens with two attached hydrogens (primary N) is 1. The Balaban J connectivity index is 3.01. The molecular formula is C12H18N2O5. The molecule has 6 N–H and O–H groups in total. The molecule has 0 unspecified atom stereocenters. The Kier molecular flexibility index (Phi) is 5.11. The van der Waals surface area contributed by atoms with Crippen LogP contribution in [0.1, 0.15) is 10.4 Å². The lowest BCUT2D eigenvalue weighted by Crippen LogP contribution is -2.57. The largest absolute Gasteiger partial charge is 0.496 e. The number of carbonyl (C=O) groups excluding carboxylic acids is 1. The monoisotopic (exact) mass is 270 g/mol. The van der Waals surface area contributed by atoms with Crippen molar-refractivity contribution >= 4 is 11.6 Å². The molecule has 1 aromatic rings. The first kappa shape index (κ1) is 15.2. The maximum absolute atomic E-state index is 12.1. The Hall–Kier alpha value is -1.83. The zero-order chi connectivity index (χ0) is 14.5. The topological polar surface area (TPSA) is 125 Å². The van der Waals surface area contributed by atoms with Crippen molar-refractivity contribution in [3.63, 3.8) is 0 Å². The molecule has 0 saturated carbocycles. The Bertz CT molecular complexity index is 437. The van der Waals surface area contributed by atoms with Gasteiger partial charge < -0.3 is 31.1 Å². The second kappa shape index (κ2) is 6.37. The van der Waals surface area contributed by atoms with Crippen LogP contribution in [0.25, 0.3) is 0 Å². The van der Waals surface area contributed by atoms with Crippen LogP contribution in [-0.4, -0.2) is 53.7 Å². The third kappa shape index (κ3) is 3.34. The van der Waals surface area contributed by atoms with Crippen molar-refractivity contribution in [1.82, 2.24) is 5.32 Å². The molecule has 7 heteroatoms. The third-order valence-corrected chi connectivity index (χ3v) is 2.76. The highest BCUT2D eigenvalue weighted by Gasteiger charge is 2.31. The van der Waals surface area contributed by atoms with Crippen molar-refractivity contribution in [2.45, 2.75) is 5.54 Å². The normalized spacial score (nSPS) is 11.2. The van der Waals surface area contributed by atoms with Gasteiger partial charge in [-0.15, -0.1) is 0 Å². The molecule has 19 heavy (non-hydrogen) atoms. The van der Waals surface area contributed by atoms with Crippen LogP contribution in [0, 0.1) is 0 Å². The quantitative estimate of drug-likeness (QED) is 0.410. The lowest BCUT2D eigenvalue weighted by atomic mass is 10.0. The average Bonchev–Trinajstić information content (AvgIpc) is 2.44. The first-order chi connectivity index (χ1) is 9.01. The molecule has 1 aromatic carbocycles. The van der Waals surface area contributed by atoms with Crippen LogP contribution in [0.15, 0.2) is 18.2 Å². The Morgan fingerprint density at radius 1 is 1.32 bits per heavy atom. The number of aliphatic hydroxyl groups is 3. The number of carbonyl (C=O) groups is 1. The summed E-state index contributed by atoms with van der Waals surface area (Å²) in [6.45, 7) is -1.78. The first-order valence-electron chi connectivity index (χ1n) is 5.60. The van der Waals surface area contributed by atoms with Gasteiger partial charge in [-0.3, -0.25) is 4.79 Å². The van der Waals surface area contributed by atoms with E-state index in [-0.39, 0.29) is 11.3 Å².